The van der Waals surface area contributed by atoms with Crippen LogP contribution in [0, 0.1) is 0 Å². The number of carbonyl (C=O) groups is 2. The maximum atomic E-state index is 12.7. The molecule has 1 unspecified atom stereocenters. The second-order valence-electron chi connectivity index (χ2n) is 8.67. The molecule has 0 aliphatic carbocycles. The number of hydrogen-bond donors (Lipinski definition) is 2. The Morgan fingerprint density at radius 3 is 2.61 bits per heavy atom. The minimum absolute atomic E-state index is 0.00170. The Labute approximate surface area is 185 Å². The third-order valence-electron chi connectivity index (χ3n) is 4.68. The molecular formula is C21H37N7O3. The molecule has 1 aromatic heterocycles. The number of anilines is 1. The van der Waals surface area contributed by atoms with Crippen molar-refractivity contribution in [2.45, 2.75) is 59.1 Å². The fraction of sp³-hybridized carbons (Fsp3) is 0.714. The van der Waals surface area contributed by atoms with Crippen molar-refractivity contribution in [1.82, 2.24) is 25.3 Å². The van der Waals surface area contributed by atoms with Gasteiger partial charge in [-0.2, -0.15) is 5.10 Å². The second kappa shape index (κ2) is 11.0. The number of aryl methyl sites for hydroxylation is 1. The van der Waals surface area contributed by atoms with Gasteiger partial charge in [0.2, 0.25) is 5.91 Å². The SMILES string of the molecule is CCCC(CN=C(NCC)N1CCN(c2cnn(C)c2)C(=O)C1)NC(=O)OC(C)(C)C. The van der Waals surface area contributed by atoms with Crippen LogP contribution in [0.3, 0.4) is 0 Å². The molecule has 10 heteroatoms. The Morgan fingerprint density at radius 2 is 2.06 bits per heavy atom. The van der Waals surface area contributed by atoms with Gasteiger partial charge in [-0.3, -0.25) is 14.5 Å². The van der Waals surface area contributed by atoms with Gasteiger partial charge >= 0.3 is 6.09 Å². The molecule has 1 aromatic rings. The number of rotatable bonds is 7. The smallest absolute Gasteiger partial charge is 0.407 e. The Balaban J connectivity index is 2.02. The topological polar surface area (TPSA) is 104 Å². The highest BCUT2D eigenvalue weighted by molar-refractivity contribution is 5.98. The quantitative estimate of drug-likeness (QED) is 0.499. The lowest BCUT2D eigenvalue weighted by Crippen LogP contribution is -2.55. The summed E-state index contributed by atoms with van der Waals surface area (Å²) in [7, 11) is 1.83. The Kier molecular flexibility index (Phi) is 8.70. The molecule has 1 atom stereocenters. The average Bonchev–Trinajstić information content (AvgIpc) is 3.09. The summed E-state index contributed by atoms with van der Waals surface area (Å²) in [5, 5.41) is 10.3. The van der Waals surface area contributed by atoms with E-state index in [-0.39, 0.29) is 18.5 Å². The van der Waals surface area contributed by atoms with Crippen LogP contribution in [0.1, 0.15) is 47.5 Å². The van der Waals surface area contributed by atoms with Crippen molar-refractivity contribution < 1.29 is 14.3 Å². The number of alkyl carbamates (subject to hydrolysis) is 1. The van der Waals surface area contributed by atoms with E-state index in [1.807, 2.05) is 45.8 Å². The van der Waals surface area contributed by atoms with Crippen molar-refractivity contribution in [1.29, 1.82) is 0 Å². The minimum Gasteiger partial charge on any atom is -0.444 e. The first-order valence-electron chi connectivity index (χ1n) is 10.9. The maximum Gasteiger partial charge on any atom is 0.407 e. The maximum absolute atomic E-state index is 12.7. The fourth-order valence-electron chi connectivity index (χ4n) is 3.33. The van der Waals surface area contributed by atoms with Crippen molar-refractivity contribution in [2.75, 3.05) is 37.6 Å². The zero-order valence-corrected chi connectivity index (χ0v) is 19.6. The molecule has 1 aliphatic heterocycles. The highest BCUT2D eigenvalue weighted by Gasteiger charge is 2.28. The van der Waals surface area contributed by atoms with Crippen molar-refractivity contribution in [2.24, 2.45) is 12.0 Å². The number of carbonyl (C=O) groups excluding carboxylic acids is 2. The molecule has 2 amide bonds. The summed E-state index contributed by atoms with van der Waals surface area (Å²) in [4.78, 5) is 33.3. The number of amides is 2. The summed E-state index contributed by atoms with van der Waals surface area (Å²) in [6.45, 7) is 12.1. The van der Waals surface area contributed by atoms with Crippen LogP contribution in [-0.4, -0.2) is 77.0 Å². The Morgan fingerprint density at radius 1 is 1.32 bits per heavy atom. The molecule has 0 saturated carbocycles. The summed E-state index contributed by atoms with van der Waals surface area (Å²) in [6, 6.07) is -0.138. The number of hydrogen-bond acceptors (Lipinski definition) is 5. The minimum atomic E-state index is -0.548. The monoisotopic (exact) mass is 435 g/mol. The van der Waals surface area contributed by atoms with Crippen LogP contribution in [-0.2, 0) is 16.6 Å². The predicted molar refractivity (Wildman–Crippen MR) is 121 cm³/mol. The van der Waals surface area contributed by atoms with Gasteiger partial charge in [-0.1, -0.05) is 13.3 Å². The molecule has 2 N–H and O–H groups in total. The van der Waals surface area contributed by atoms with Crippen LogP contribution in [0.5, 0.6) is 0 Å². The van der Waals surface area contributed by atoms with E-state index in [0.717, 1.165) is 18.5 Å². The van der Waals surface area contributed by atoms with Crippen molar-refractivity contribution in [3.8, 4) is 0 Å². The number of ether oxygens (including phenoxy) is 1. The molecule has 1 saturated heterocycles. The van der Waals surface area contributed by atoms with Crippen LogP contribution in [0.25, 0.3) is 0 Å². The van der Waals surface area contributed by atoms with E-state index in [9.17, 15) is 9.59 Å². The number of nitrogens with zero attached hydrogens (tertiary/aromatic N) is 5. The first-order valence-corrected chi connectivity index (χ1v) is 10.9. The molecule has 0 bridgehead atoms. The second-order valence-corrected chi connectivity index (χ2v) is 8.67. The van der Waals surface area contributed by atoms with E-state index in [4.69, 9.17) is 9.73 Å². The summed E-state index contributed by atoms with van der Waals surface area (Å²) in [5.74, 6) is 0.676. The van der Waals surface area contributed by atoms with Gasteiger partial charge in [0.05, 0.1) is 24.5 Å². The first-order chi connectivity index (χ1) is 14.6. The third kappa shape index (κ3) is 7.76. The number of aliphatic imine (C=N–C) groups is 1. The van der Waals surface area contributed by atoms with E-state index in [0.29, 0.717) is 32.1 Å². The largest absolute Gasteiger partial charge is 0.444 e. The molecule has 2 rings (SSSR count). The van der Waals surface area contributed by atoms with Gasteiger partial charge in [-0.05, 0) is 34.1 Å². The fourth-order valence-corrected chi connectivity index (χ4v) is 3.33. The number of guanidine groups is 1. The first kappa shape index (κ1) is 24.5. The number of piperazine rings is 1. The van der Waals surface area contributed by atoms with Gasteiger partial charge in [0.25, 0.3) is 0 Å². The molecule has 0 spiro atoms. The van der Waals surface area contributed by atoms with Gasteiger partial charge in [0.1, 0.15) is 12.1 Å². The lowest BCUT2D eigenvalue weighted by Gasteiger charge is -2.35. The highest BCUT2D eigenvalue weighted by atomic mass is 16.6. The number of nitrogens with one attached hydrogen (secondary N) is 2. The molecule has 2 heterocycles. The standard InChI is InChI=1S/C21H37N7O3/c1-7-9-16(25-20(30)31-21(3,4)5)12-23-19(22-8-2)27-10-11-28(18(29)15-27)17-13-24-26(6)14-17/h13-14,16H,7-12,15H2,1-6H3,(H,22,23)(H,25,30). The van der Waals surface area contributed by atoms with Gasteiger partial charge in [0.15, 0.2) is 5.96 Å². The van der Waals surface area contributed by atoms with E-state index < -0.39 is 11.7 Å². The van der Waals surface area contributed by atoms with E-state index in [2.05, 4.69) is 22.7 Å². The lowest BCUT2D eigenvalue weighted by molar-refractivity contribution is -0.120. The Hall–Kier alpha value is -2.78. The molecule has 1 aliphatic rings. The zero-order valence-electron chi connectivity index (χ0n) is 19.6. The van der Waals surface area contributed by atoms with Crippen molar-refractivity contribution in [3.63, 3.8) is 0 Å². The normalized spacial score (nSPS) is 16.3. The summed E-state index contributed by atoms with van der Waals surface area (Å²) in [6.07, 6.45) is 4.80. The van der Waals surface area contributed by atoms with Gasteiger partial charge in [0, 0.05) is 32.9 Å². The predicted octanol–water partition coefficient (Wildman–Crippen LogP) is 1.73. The van der Waals surface area contributed by atoms with Crippen LogP contribution < -0.4 is 15.5 Å². The zero-order chi connectivity index (χ0) is 23.0. The molecule has 174 valence electrons. The summed E-state index contributed by atoms with van der Waals surface area (Å²) < 4.78 is 7.06. The average molecular weight is 436 g/mol. The van der Waals surface area contributed by atoms with Gasteiger partial charge in [-0.15, -0.1) is 0 Å². The van der Waals surface area contributed by atoms with E-state index in [1.165, 1.54) is 0 Å². The molecule has 1 fully saturated rings. The molecule has 10 nitrogen and oxygen atoms in total. The van der Waals surface area contributed by atoms with E-state index >= 15 is 0 Å². The molecular weight excluding hydrogens is 398 g/mol. The Bertz CT molecular complexity index is 769. The van der Waals surface area contributed by atoms with Crippen LogP contribution >= 0.6 is 0 Å². The molecule has 31 heavy (non-hydrogen) atoms. The lowest BCUT2D eigenvalue weighted by atomic mass is 10.1. The highest BCUT2D eigenvalue weighted by Crippen LogP contribution is 2.16. The molecule has 0 radical (unpaired) electrons. The number of aromatic nitrogens is 2. The van der Waals surface area contributed by atoms with Crippen molar-refractivity contribution >= 4 is 23.6 Å². The van der Waals surface area contributed by atoms with Gasteiger partial charge < -0.3 is 25.2 Å². The van der Waals surface area contributed by atoms with Crippen molar-refractivity contribution in [3.05, 3.63) is 12.4 Å². The van der Waals surface area contributed by atoms with Crippen LogP contribution in [0.4, 0.5) is 10.5 Å². The molecule has 0 aromatic carbocycles. The van der Waals surface area contributed by atoms with Gasteiger partial charge in [-0.25, -0.2) is 4.79 Å². The van der Waals surface area contributed by atoms with Crippen LogP contribution in [0.15, 0.2) is 17.4 Å². The third-order valence-corrected chi connectivity index (χ3v) is 4.68. The summed E-state index contributed by atoms with van der Waals surface area (Å²) in [5.41, 5.74) is 0.256. The van der Waals surface area contributed by atoms with Crippen LogP contribution in [0.2, 0.25) is 0 Å². The van der Waals surface area contributed by atoms with E-state index in [1.54, 1.807) is 15.8 Å². The summed E-state index contributed by atoms with van der Waals surface area (Å²) >= 11 is 0.